The first-order valence-corrected chi connectivity index (χ1v) is 16.5. The molecule has 228 valence electrons. The highest BCUT2D eigenvalue weighted by molar-refractivity contribution is 6.95. The maximum absolute atomic E-state index is 2.36. The van der Waals surface area contributed by atoms with Crippen molar-refractivity contribution in [3.63, 3.8) is 0 Å². The van der Waals surface area contributed by atoms with Gasteiger partial charge in [0.15, 0.2) is 0 Å². The summed E-state index contributed by atoms with van der Waals surface area (Å²) in [5, 5.41) is 0. The van der Waals surface area contributed by atoms with Crippen LogP contribution in [0, 0.1) is 0 Å². The number of hydrogen-bond acceptors (Lipinski definition) is 3. The van der Waals surface area contributed by atoms with E-state index in [4.69, 9.17) is 0 Å². The molecule has 0 radical (unpaired) electrons. The van der Waals surface area contributed by atoms with E-state index >= 15 is 0 Å². The Morgan fingerprint density at radius 2 is 0.522 bits per heavy atom. The molecule has 0 aromatic heterocycles. The van der Waals surface area contributed by atoms with Crippen LogP contribution < -0.4 is 31.1 Å². The SMILES string of the molecule is CCN(c1ccccc1)c1ccc(B(c2ccc(N(CC)c3ccccc3)cc2)c2ccc(N(CC)c3ccccc3)cc2)cc1. The van der Waals surface area contributed by atoms with E-state index in [0.29, 0.717) is 0 Å². The molecular weight excluding hydrogens is 557 g/mol. The monoisotopic (exact) mass is 599 g/mol. The number of para-hydroxylation sites is 3. The Labute approximate surface area is 275 Å². The predicted molar refractivity (Wildman–Crippen MR) is 201 cm³/mol. The van der Waals surface area contributed by atoms with Gasteiger partial charge in [-0.3, -0.25) is 0 Å². The average molecular weight is 600 g/mol. The van der Waals surface area contributed by atoms with Gasteiger partial charge in [-0.25, -0.2) is 0 Å². The van der Waals surface area contributed by atoms with Gasteiger partial charge in [0, 0.05) is 53.8 Å². The van der Waals surface area contributed by atoms with Gasteiger partial charge >= 0.3 is 0 Å². The summed E-state index contributed by atoms with van der Waals surface area (Å²) in [7, 11) is 0. The van der Waals surface area contributed by atoms with Gasteiger partial charge in [-0.15, -0.1) is 0 Å². The molecule has 0 atom stereocenters. The van der Waals surface area contributed by atoms with E-state index in [0.717, 1.165) is 19.6 Å². The first-order valence-electron chi connectivity index (χ1n) is 16.5. The predicted octanol–water partition coefficient (Wildman–Crippen LogP) is 8.68. The van der Waals surface area contributed by atoms with Gasteiger partial charge in [-0.1, -0.05) is 107 Å². The third kappa shape index (κ3) is 6.72. The van der Waals surface area contributed by atoms with E-state index in [2.05, 4.69) is 199 Å². The quantitative estimate of drug-likeness (QED) is 0.130. The Morgan fingerprint density at radius 1 is 0.304 bits per heavy atom. The zero-order valence-electron chi connectivity index (χ0n) is 27.1. The Hall–Kier alpha value is -5.22. The fraction of sp³-hybridized carbons (Fsp3) is 0.143. The molecule has 0 amide bonds. The van der Waals surface area contributed by atoms with Crippen LogP contribution in [0.15, 0.2) is 164 Å². The lowest BCUT2D eigenvalue weighted by Gasteiger charge is -2.26. The minimum Gasteiger partial charge on any atom is -0.342 e. The van der Waals surface area contributed by atoms with Gasteiger partial charge in [0.25, 0.3) is 0 Å². The smallest absolute Gasteiger partial charge is 0.241 e. The van der Waals surface area contributed by atoms with Gasteiger partial charge in [0.1, 0.15) is 0 Å². The van der Waals surface area contributed by atoms with Crippen molar-refractivity contribution in [3.05, 3.63) is 164 Å². The van der Waals surface area contributed by atoms with Crippen LogP contribution in [0.5, 0.6) is 0 Å². The highest BCUT2D eigenvalue weighted by atomic mass is 15.1. The molecule has 0 N–H and O–H groups in total. The first-order chi connectivity index (χ1) is 22.7. The minimum absolute atomic E-state index is 0.0996. The molecule has 0 aliphatic carbocycles. The molecule has 0 aliphatic heterocycles. The summed E-state index contributed by atoms with van der Waals surface area (Å²) >= 11 is 0. The maximum Gasteiger partial charge on any atom is 0.241 e. The van der Waals surface area contributed by atoms with E-state index in [1.54, 1.807) is 0 Å². The summed E-state index contributed by atoms with van der Waals surface area (Å²) in [6.07, 6.45) is 0. The summed E-state index contributed by atoms with van der Waals surface area (Å²) < 4.78 is 0. The summed E-state index contributed by atoms with van der Waals surface area (Å²) in [5.74, 6) is 0. The van der Waals surface area contributed by atoms with E-state index in [1.165, 1.54) is 50.5 Å². The van der Waals surface area contributed by atoms with Crippen molar-refractivity contribution in [1.82, 2.24) is 0 Å². The van der Waals surface area contributed by atoms with Crippen molar-refractivity contribution >= 4 is 57.2 Å². The van der Waals surface area contributed by atoms with Crippen molar-refractivity contribution in [2.75, 3.05) is 34.3 Å². The number of nitrogens with zero attached hydrogens (tertiary/aromatic N) is 3. The van der Waals surface area contributed by atoms with Gasteiger partial charge < -0.3 is 14.7 Å². The second-order valence-corrected chi connectivity index (χ2v) is 11.4. The minimum atomic E-state index is 0.0996. The topological polar surface area (TPSA) is 9.72 Å². The molecule has 0 spiro atoms. The standard InChI is InChI=1S/C42H42BN3/c1-4-44(37-16-10-7-11-17-37)40-28-22-34(23-29-40)43(35-24-30-41(31-25-35)45(5-2)38-18-12-8-13-19-38)36-26-32-42(33-27-36)46(6-3)39-20-14-9-15-21-39/h7-33H,4-6H2,1-3H3. The highest BCUT2D eigenvalue weighted by Gasteiger charge is 2.23. The molecule has 4 heteroatoms. The van der Waals surface area contributed by atoms with Crippen LogP contribution in [-0.2, 0) is 0 Å². The fourth-order valence-electron chi connectivity index (χ4n) is 6.48. The maximum atomic E-state index is 2.36. The second kappa shape index (κ2) is 14.7. The molecule has 0 unspecified atom stereocenters. The lowest BCUT2D eigenvalue weighted by Crippen LogP contribution is -2.52. The Balaban J connectivity index is 1.36. The average Bonchev–Trinajstić information content (AvgIpc) is 3.13. The van der Waals surface area contributed by atoms with Crippen molar-refractivity contribution in [2.45, 2.75) is 20.8 Å². The second-order valence-electron chi connectivity index (χ2n) is 11.4. The largest absolute Gasteiger partial charge is 0.342 e. The third-order valence-electron chi connectivity index (χ3n) is 8.77. The third-order valence-corrected chi connectivity index (χ3v) is 8.77. The summed E-state index contributed by atoms with van der Waals surface area (Å²) in [6.45, 7) is 9.42. The summed E-state index contributed by atoms with van der Waals surface area (Å²) in [4.78, 5) is 7.07. The molecule has 6 aromatic rings. The molecule has 6 aromatic carbocycles. The summed E-state index contributed by atoms with van der Waals surface area (Å²) in [5.41, 5.74) is 11.0. The van der Waals surface area contributed by atoms with Gasteiger partial charge in [-0.2, -0.15) is 0 Å². The molecule has 0 saturated carbocycles. The molecule has 6 rings (SSSR count). The molecule has 0 fully saturated rings. The van der Waals surface area contributed by atoms with Crippen molar-refractivity contribution in [2.24, 2.45) is 0 Å². The van der Waals surface area contributed by atoms with Gasteiger partial charge in [0.2, 0.25) is 6.71 Å². The molecule has 46 heavy (non-hydrogen) atoms. The first kappa shape index (κ1) is 30.8. The number of benzene rings is 6. The number of anilines is 6. The molecule has 0 saturated heterocycles. The fourth-order valence-corrected chi connectivity index (χ4v) is 6.48. The van der Waals surface area contributed by atoms with Crippen LogP contribution in [-0.4, -0.2) is 26.3 Å². The van der Waals surface area contributed by atoms with Crippen LogP contribution in [0.2, 0.25) is 0 Å². The van der Waals surface area contributed by atoms with Crippen LogP contribution in [0.1, 0.15) is 20.8 Å². The van der Waals surface area contributed by atoms with Gasteiger partial charge in [0.05, 0.1) is 0 Å². The van der Waals surface area contributed by atoms with E-state index in [-0.39, 0.29) is 6.71 Å². The van der Waals surface area contributed by atoms with Crippen LogP contribution in [0.4, 0.5) is 34.1 Å². The van der Waals surface area contributed by atoms with Crippen molar-refractivity contribution < 1.29 is 0 Å². The van der Waals surface area contributed by atoms with Crippen molar-refractivity contribution in [1.29, 1.82) is 0 Å². The normalized spacial score (nSPS) is 10.8. The number of rotatable bonds is 12. The van der Waals surface area contributed by atoms with E-state index < -0.39 is 0 Å². The lowest BCUT2D eigenvalue weighted by molar-refractivity contribution is 1.02. The lowest BCUT2D eigenvalue weighted by atomic mass is 9.37. The highest BCUT2D eigenvalue weighted by Crippen LogP contribution is 2.27. The Kier molecular flexibility index (Phi) is 9.85. The van der Waals surface area contributed by atoms with E-state index in [9.17, 15) is 0 Å². The molecule has 0 heterocycles. The Bertz CT molecular complexity index is 1560. The zero-order valence-corrected chi connectivity index (χ0v) is 27.1. The van der Waals surface area contributed by atoms with Crippen LogP contribution in [0.25, 0.3) is 0 Å². The van der Waals surface area contributed by atoms with Gasteiger partial charge in [-0.05, 0) is 93.6 Å². The van der Waals surface area contributed by atoms with Crippen molar-refractivity contribution in [3.8, 4) is 0 Å². The molecule has 0 bridgehead atoms. The van der Waals surface area contributed by atoms with Crippen LogP contribution >= 0.6 is 0 Å². The number of hydrogen-bond donors (Lipinski definition) is 0. The van der Waals surface area contributed by atoms with Crippen LogP contribution in [0.3, 0.4) is 0 Å². The molecule has 3 nitrogen and oxygen atoms in total. The molecular formula is C42H42BN3. The zero-order chi connectivity index (χ0) is 31.7. The molecule has 0 aliphatic rings. The van der Waals surface area contributed by atoms with E-state index in [1.807, 2.05) is 0 Å². The Morgan fingerprint density at radius 3 is 0.739 bits per heavy atom. The summed E-state index contributed by atoms with van der Waals surface area (Å²) in [6, 6.07) is 59.3.